The van der Waals surface area contributed by atoms with Crippen LogP contribution >= 0.6 is 23.2 Å². The van der Waals surface area contributed by atoms with Crippen molar-refractivity contribution < 1.29 is 23.9 Å². The normalized spacial score (nSPS) is 12.6. The Bertz CT molecular complexity index is 897. The zero-order chi connectivity index (χ0) is 18.7. The van der Waals surface area contributed by atoms with Crippen LogP contribution in [-0.2, 0) is 20.7 Å². The minimum absolute atomic E-state index is 0.0643. The fraction of sp³-hybridized carbons (Fsp3) is 0.167. The van der Waals surface area contributed by atoms with E-state index in [1.807, 2.05) is 0 Å². The van der Waals surface area contributed by atoms with Gasteiger partial charge in [0.2, 0.25) is 0 Å². The van der Waals surface area contributed by atoms with E-state index in [9.17, 15) is 14.4 Å². The molecule has 2 aromatic carbocycles. The molecule has 0 radical (unpaired) electrons. The minimum Gasteiger partial charge on any atom is -0.482 e. The minimum atomic E-state index is -0.586. The van der Waals surface area contributed by atoms with Crippen molar-refractivity contribution >= 4 is 46.5 Å². The number of ketones is 1. The number of Topliss-reactive ketones (excluding diaryl/α,β-unsaturated/α-hetero) is 1. The molecule has 3 rings (SSSR count). The van der Waals surface area contributed by atoms with Gasteiger partial charge < -0.3 is 14.8 Å². The van der Waals surface area contributed by atoms with E-state index in [1.54, 1.807) is 24.3 Å². The lowest BCUT2D eigenvalue weighted by atomic mass is 10.1. The molecule has 1 heterocycles. The van der Waals surface area contributed by atoms with Gasteiger partial charge in [-0.3, -0.25) is 14.4 Å². The standard InChI is InChI=1S/C18H13Cl2NO5/c19-12-3-1-10(13(20)7-12)6-18(24)26-8-15(22)11-2-4-16-14(5-11)21-17(23)9-25-16/h1-5,7H,6,8-9H2,(H,21,23). The summed E-state index contributed by atoms with van der Waals surface area (Å²) in [5.74, 6) is -0.802. The van der Waals surface area contributed by atoms with Gasteiger partial charge in [-0.2, -0.15) is 0 Å². The van der Waals surface area contributed by atoms with Crippen LogP contribution in [-0.4, -0.2) is 30.9 Å². The first-order valence-electron chi connectivity index (χ1n) is 7.62. The number of hydrogen-bond acceptors (Lipinski definition) is 5. The second-order valence-corrected chi connectivity index (χ2v) is 6.39. The van der Waals surface area contributed by atoms with Crippen molar-refractivity contribution in [1.29, 1.82) is 0 Å². The number of benzene rings is 2. The van der Waals surface area contributed by atoms with Crippen LogP contribution in [0, 0.1) is 0 Å². The fourth-order valence-electron chi connectivity index (χ4n) is 2.36. The zero-order valence-electron chi connectivity index (χ0n) is 13.4. The molecule has 0 aliphatic carbocycles. The van der Waals surface area contributed by atoms with E-state index in [4.69, 9.17) is 32.7 Å². The molecule has 26 heavy (non-hydrogen) atoms. The number of carbonyl (C=O) groups is 3. The average Bonchev–Trinajstić information content (AvgIpc) is 2.61. The summed E-state index contributed by atoms with van der Waals surface area (Å²) in [6.45, 7) is -0.483. The number of ether oxygens (including phenoxy) is 2. The number of carbonyl (C=O) groups excluding carboxylic acids is 3. The molecule has 1 amide bonds. The Morgan fingerprint density at radius 3 is 2.73 bits per heavy atom. The van der Waals surface area contributed by atoms with Crippen LogP contribution in [0.4, 0.5) is 5.69 Å². The number of fused-ring (bicyclic) bond motifs is 1. The van der Waals surface area contributed by atoms with E-state index in [2.05, 4.69) is 5.32 Å². The fourth-order valence-corrected chi connectivity index (χ4v) is 2.83. The highest BCUT2D eigenvalue weighted by molar-refractivity contribution is 6.35. The van der Waals surface area contributed by atoms with Crippen LogP contribution in [0.2, 0.25) is 10.0 Å². The van der Waals surface area contributed by atoms with Gasteiger partial charge in [-0.15, -0.1) is 0 Å². The summed E-state index contributed by atoms with van der Waals surface area (Å²) in [6, 6.07) is 9.38. The summed E-state index contributed by atoms with van der Waals surface area (Å²) in [6.07, 6.45) is -0.0721. The maximum Gasteiger partial charge on any atom is 0.310 e. The molecule has 0 saturated heterocycles. The highest BCUT2D eigenvalue weighted by Crippen LogP contribution is 2.28. The lowest BCUT2D eigenvalue weighted by molar-refractivity contribution is -0.141. The average molecular weight is 394 g/mol. The maximum atomic E-state index is 12.2. The monoisotopic (exact) mass is 393 g/mol. The number of amides is 1. The first kappa shape index (κ1) is 18.2. The number of hydrogen-bond donors (Lipinski definition) is 1. The lowest BCUT2D eigenvalue weighted by Gasteiger charge is -2.18. The maximum absolute atomic E-state index is 12.2. The number of nitrogens with one attached hydrogen (secondary N) is 1. The Kier molecular flexibility index (Phi) is 5.44. The Morgan fingerprint density at radius 1 is 1.15 bits per heavy atom. The first-order valence-corrected chi connectivity index (χ1v) is 8.37. The molecule has 0 saturated carbocycles. The SMILES string of the molecule is O=C1COc2ccc(C(=O)COC(=O)Cc3ccc(Cl)cc3Cl)cc2N1. The van der Waals surface area contributed by atoms with Crippen LogP contribution in [0.1, 0.15) is 15.9 Å². The van der Waals surface area contributed by atoms with Crippen LogP contribution < -0.4 is 10.1 Å². The predicted octanol–water partition coefficient (Wildman–Crippen LogP) is 3.29. The predicted molar refractivity (Wildman–Crippen MR) is 96.0 cm³/mol. The molecule has 1 N–H and O–H groups in total. The molecule has 6 nitrogen and oxygen atoms in total. The molecule has 0 bridgehead atoms. The molecule has 0 atom stereocenters. The Morgan fingerprint density at radius 2 is 1.96 bits per heavy atom. The summed E-state index contributed by atoms with van der Waals surface area (Å²) in [7, 11) is 0. The van der Waals surface area contributed by atoms with E-state index >= 15 is 0 Å². The molecule has 0 unspecified atom stereocenters. The summed E-state index contributed by atoms with van der Waals surface area (Å²) >= 11 is 11.8. The number of esters is 1. The number of halogens is 2. The van der Waals surface area contributed by atoms with Crippen molar-refractivity contribution in [2.24, 2.45) is 0 Å². The lowest BCUT2D eigenvalue weighted by Crippen LogP contribution is -2.25. The Labute approximate surface area is 159 Å². The highest BCUT2D eigenvalue weighted by atomic mass is 35.5. The van der Waals surface area contributed by atoms with E-state index in [-0.39, 0.29) is 18.9 Å². The number of rotatable bonds is 5. The molecular weight excluding hydrogens is 381 g/mol. The van der Waals surface area contributed by atoms with Crippen LogP contribution in [0.3, 0.4) is 0 Å². The second-order valence-electron chi connectivity index (χ2n) is 5.54. The topological polar surface area (TPSA) is 81.7 Å². The van der Waals surface area contributed by atoms with Gasteiger partial charge in [0, 0.05) is 15.6 Å². The third-order valence-corrected chi connectivity index (χ3v) is 4.24. The third-order valence-electron chi connectivity index (χ3n) is 3.65. The van der Waals surface area contributed by atoms with E-state index in [0.29, 0.717) is 32.6 Å². The quantitative estimate of drug-likeness (QED) is 0.622. The summed E-state index contributed by atoms with van der Waals surface area (Å²) in [5.41, 5.74) is 1.26. The van der Waals surface area contributed by atoms with Crippen molar-refractivity contribution in [3.63, 3.8) is 0 Å². The molecule has 0 aromatic heterocycles. The molecule has 1 aliphatic rings. The van der Waals surface area contributed by atoms with Crippen molar-refractivity contribution in [3.05, 3.63) is 57.6 Å². The Balaban J connectivity index is 1.59. The van der Waals surface area contributed by atoms with Gasteiger partial charge in [0.05, 0.1) is 12.1 Å². The molecule has 2 aromatic rings. The van der Waals surface area contributed by atoms with Crippen molar-refractivity contribution in [1.82, 2.24) is 0 Å². The molecule has 134 valence electrons. The highest BCUT2D eigenvalue weighted by Gasteiger charge is 2.18. The van der Waals surface area contributed by atoms with Crippen LogP contribution in [0.25, 0.3) is 0 Å². The van der Waals surface area contributed by atoms with E-state index < -0.39 is 18.4 Å². The Hall–Kier alpha value is -2.57. The van der Waals surface area contributed by atoms with Crippen molar-refractivity contribution in [2.45, 2.75) is 6.42 Å². The third kappa shape index (κ3) is 4.33. The molecule has 0 fully saturated rings. The first-order chi connectivity index (χ1) is 12.4. The van der Waals surface area contributed by atoms with E-state index in [1.165, 1.54) is 12.1 Å². The van der Waals surface area contributed by atoms with Crippen LogP contribution in [0.15, 0.2) is 36.4 Å². The second kappa shape index (κ2) is 7.76. The van der Waals surface area contributed by atoms with Crippen LogP contribution in [0.5, 0.6) is 5.75 Å². The summed E-state index contributed by atoms with van der Waals surface area (Å²) in [5, 5.41) is 3.43. The summed E-state index contributed by atoms with van der Waals surface area (Å²) < 4.78 is 10.2. The molecule has 0 spiro atoms. The molecule has 1 aliphatic heterocycles. The van der Waals surface area contributed by atoms with Gasteiger partial charge in [-0.1, -0.05) is 29.3 Å². The van der Waals surface area contributed by atoms with Gasteiger partial charge in [-0.25, -0.2) is 0 Å². The van der Waals surface area contributed by atoms with Gasteiger partial charge in [0.1, 0.15) is 5.75 Å². The van der Waals surface area contributed by atoms with Gasteiger partial charge in [0.25, 0.3) is 5.91 Å². The van der Waals surface area contributed by atoms with Gasteiger partial charge in [0.15, 0.2) is 19.0 Å². The molecule has 8 heteroatoms. The smallest absolute Gasteiger partial charge is 0.310 e. The summed E-state index contributed by atoms with van der Waals surface area (Å²) in [4.78, 5) is 35.5. The number of anilines is 1. The van der Waals surface area contributed by atoms with E-state index in [0.717, 1.165) is 0 Å². The van der Waals surface area contributed by atoms with Crippen molar-refractivity contribution in [2.75, 3.05) is 18.5 Å². The molecular formula is C18H13Cl2NO5. The van der Waals surface area contributed by atoms with Gasteiger partial charge in [-0.05, 0) is 35.9 Å². The largest absolute Gasteiger partial charge is 0.482 e. The zero-order valence-corrected chi connectivity index (χ0v) is 14.9. The van der Waals surface area contributed by atoms with Crippen molar-refractivity contribution in [3.8, 4) is 5.75 Å². The van der Waals surface area contributed by atoms with Gasteiger partial charge >= 0.3 is 5.97 Å².